The van der Waals surface area contributed by atoms with Crippen LogP contribution in [0.2, 0.25) is 0 Å². The van der Waals surface area contributed by atoms with E-state index in [1.165, 1.54) is 36.8 Å². The molecule has 220 valence electrons. The van der Waals surface area contributed by atoms with Gasteiger partial charge in [0.05, 0.1) is 27.4 Å². The quantitative estimate of drug-likeness (QED) is 0.247. The van der Waals surface area contributed by atoms with Crippen LogP contribution in [0.3, 0.4) is 0 Å². The molecule has 8 rings (SSSR count). The Morgan fingerprint density at radius 1 is 0.476 bits per heavy atom. The average molecular weight is 565 g/mol. The maximum absolute atomic E-state index is 6.54. The van der Waals surface area contributed by atoms with Crippen molar-refractivity contribution < 1.29 is 18.9 Å². The van der Waals surface area contributed by atoms with Crippen molar-refractivity contribution in [2.45, 2.75) is 64.2 Å². The van der Waals surface area contributed by atoms with E-state index >= 15 is 0 Å². The van der Waals surface area contributed by atoms with E-state index < -0.39 is 0 Å². The Bertz CT molecular complexity index is 1300. The van der Waals surface area contributed by atoms with E-state index in [9.17, 15) is 0 Å². The van der Waals surface area contributed by atoms with E-state index in [-0.39, 0.29) is 0 Å². The van der Waals surface area contributed by atoms with Crippen LogP contribution in [0.5, 0.6) is 23.0 Å². The zero-order valence-electron chi connectivity index (χ0n) is 25.2. The molecule has 0 atom stereocenters. The summed E-state index contributed by atoms with van der Waals surface area (Å²) in [6.07, 6.45) is 11.4. The minimum Gasteiger partial charge on any atom is -0.497 e. The third-order valence-corrected chi connectivity index (χ3v) is 8.10. The van der Waals surface area contributed by atoms with Crippen molar-refractivity contribution in [2.24, 2.45) is 0 Å². The molecular formula is C38H44O4. The smallest absolute Gasteiger partial charge is 0.128 e. The highest BCUT2D eigenvalue weighted by Crippen LogP contribution is 2.42. The first-order valence-electron chi connectivity index (χ1n) is 15.5. The van der Waals surface area contributed by atoms with Crippen LogP contribution in [0.1, 0.15) is 62.5 Å². The lowest BCUT2D eigenvalue weighted by atomic mass is 9.97. The highest BCUT2D eigenvalue weighted by Gasteiger charge is 2.17. The van der Waals surface area contributed by atoms with Gasteiger partial charge in [-0.2, -0.15) is 0 Å². The number of benzene rings is 4. The summed E-state index contributed by atoms with van der Waals surface area (Å²) in [5.41, 5.74) is 7.02. The predicted octanol–water partition coefficient (Wildman–Crippen LogP) is 9.71. The Hall–Kier alpha value is -3.92. The molecule has 0 unspecified atom stereocenters. The summed E-state index contributed by atoms with van der Waals surface area (Å²) < 4.78 is 24.2. The Morgan fingerprint density at radius 2 is 0.905 bits per heavy atom. The summed E-state index contributed by atoms with van der Waals surface area (Å²) in [4.78, 5) is 0. The third-order valence-electron chi connectivity index (χ3n) is 8.10. The molecule has 0 aromatic heterocycles. The molecule has 42 heavy (non-hydrogen) atoms. The summed E-state index contributed by atoms with van der Waals surface area (Å²) >= 11 is 0. The summed E-state index contributed by atoms with van der Waals surface area (Å²) in [6.45, 7) is 1.34. The molecule has 0 spiro atoms. The largest absolute Gasteiger partial charge is 0.497 e. The van der Waals surface area contributed by atoms with Gasteiger partial charge in [-0.1, -0.05) is 74.2 Å². The molecule has 4 aromatic carbocycles. The number of methoxy groups -OCH3 is 2. The maximum Gasteiger partial charge on any atom is 0.128 e. The van der Waals surface area contributed by atoms with Gasteiger partial charge in [0, 0.05) is 11.1 Å². The molecular weight excluding hydrogens is 520 g/mol. The minimum absolute atomic E-state index is 0.670. The fourth-order valence-electron chi connectivity index (χ4n) is 5.64. The molecule has 0 N–H and O–H groups in total. The van der Waals surface area contributed by atoms with Gasteiger partial charge in [-0.3, -0.25) is 0 Å². The van der Waals surface area contributed by atoms with Gasteiger partial charge in [-0.25, -0.2) is 0 Å². The van der Waals surface area contributed by atoms with E-state index in [0.29, 0.717) is 13.2 Å². The standard InChI is InChI=1S/C38H44O4/c1-39-33-17-11-15-31(25-33)35-27-38-36(32-16-12-18-34(26-32)40-2)28-37(35)41-23-9-5-3-7-13-29-19-21-30(22-20-29)14-8-4-6-10-24-42-38/h11-12,15-22,25-28H,3-10,13-14,23-24H2,1-2H3. The van der Waals surface area contributed by atoms with Crippen molar-refractivity contribution in [1.29, 1.82) is 0 Å². The zero-order valence-corrected chi connectivity index (χ0v) is 25.2. The highest BCUT2D eigenvalue weighted by atomic mass is 16.5. The molecule has 0 saturated heterocycles. The van der Waals surface area contributed by atoms with E-state index in [1.54, 1.807) is 14.2 Å². The van der Waals surface area contributed by atoms with Crippen molar-refractivity contribution in [3.63, 3.8) is 0 Å². The summed E-state index contributed by atoms with van der Waals surface area (Å²) in [5.74, 6) is 3.35. The van der Waals surface area contributed by atoms with E-state index in [0.717, 1.165) is 83.8 Å². The first-order chi connectivity index (χ1) is 20.7. The SMILES string of the molecule is COc1cccc(-c2cc3c(-c4cccc(OC)c4)cc2OCCCCCCc2ccc(cc2)CCCCCCO3)c1. The van der Waals surface area contributed by atoms with Gasteiger partial charge in [0.1, 0.15) is 23.0 Å². The number of hydrogen-bond acceptors (Lipinski definition) is 4. The van der Waals surface area contributed by atoms with Crippen molar-refractivity contribution in [2.75, 3.05) is 27.4 Å². The third kappa shape index (κ3) is 8.09. The van der Waals surface area contributed by atoms with Gasteiger partial charge < -0.3 is 18.9 Å². The van der Waals surface area contributed by atoms with Gasteiger partial charge in [0.2, 0.25) is 0 Å². The van der Waals surface area contributed by atoms with Crippen LogP contribution in [0.15, 0.2) is 84.9 Å². The Labute approximate surface area is 251 Å². The molecule has 4 bridgehead atoms. The lowest BCUT2D eigenvalue weighted by molar-refractivity contribution is 0.298. The molecule has 4 aliphatic heterocycles. The van der Waals surface area contributed by atoms with E-state index in [2.05, 4.69) is 60.7 Å². The second-order valence-corrected chi connectivity index (χ2v) is 11.2. The molecule has 0 fully saturated rings. The average Bonchev–Trinajstić information content (AvgIpc) is 3.04. The first kappa shape index (κ1) is 29.6. The van der Waals surface area contributed by atoms with Crippen molar-refractivity contribution in [3.05, 3.63) is 96.1 Å². The van der Waals surface area contributed by atoms with Gasteiger partial charge in [0.15, 0.2) is 0 Å². The number of aryl methyl sites for hydroxylation is 2. The number of ether oxygens (including phenoxy) is 4. The summed E-state index contributed by atoms with van der Waals surface area (Å²) in [7, 11) is 3.41. The molecule has 0 amide bonds. The second kappa shape index (κ2) is 15.3. The van der Waals surface area contributed by atoms with Gasteiger partial charge in [0.25, 0.3) is 0 Å². The van der Waals surface area contributed by atoms with Crippen LogP contribution < -0.4 is 18.9 Å². The minimum atomic E-state index is 0.670. The molecule has 4 aromatic rings. The monoisotopic (exact) mass is 564 g/mol. The summed E-state index contributed by atoms with van der Waals surface area (Å²) in [5, 5.41) is 0. The van der Waals surface area contributed by atoms with Crippen molar-refractivity contribution in [3.8, 4) is 45.3 Å². The maximum atomic E-state index is 6.54. The molecule has 4 heteroatoms. The van der Waals surface area contributed by atoms with Crippen LogP contribution >= 0.6 is 0 Å². The first-order valence-corrected chi connectivity index (χ1v) is 15.5. The van der Waals surface area contributed by atoms with E-state index in [4.69, 9.17) is 18.9 Å². The molecule has 0 radical (unpaired) electrons. The fourth-order valence-corrected chi connectivity index (χ4v) is 5.64. The fraction of sp³-hybridized carbons (Fsp3) is 0.368. The lowest BCUT2D eigenvalue weighted by Gasteiger charge is -2.19. The highest BCUT2D eigenvalue weighted by molar-refractivity contribution is 5.82. The Balaban J connectivity index is 1.45. The summed E-state index contributed by atoms with van der Waals surface area (Å²) in [6, 6.07) is 29.9. The molecule has 4 aliphatic rings. The topological polar surface area (TPSA) is 36.9 Å². The van der Waals surface area contributed by atoms with Crippen molar-refractivity contribution >= 4 is 0 Å². The van der Waals surface area contributed by atoms with Crippen LogP contribution in [0.25, 0.3) is 22.3 Å². The van der Waals surface area contributed by atoms with Crippen LogP contribution in [0, 0.1) is 0 Å². The molecule has 0 saturated carbocycles. The van der Waals surface area contributed by atoms with Crippen LogP contribution in [-0.4, -0.2) is 27.4 Å². The Kier molecular flexibility index (Phi) is 10.8. The van der Waals surface area contributed by atoms with Crippen LogP contribution in [-0.2, 0) is 12.8 Å². The number of hydrogen-bond donors (Lipinski definition) is 0. The van der Waals surface area contributed by atoms with Gasteiger partial charge in [-0.15, -0.1) is 0 Å². The molecule has 4 heterocycles. The Morgan fingerprint density at radius 3 is 1.33 bits per heavy atom. The molecule has 4 nitrogen and oxygen atoms in total. The lowest BCUT2D eigenvalue weighted by Crippen LogP contribution is -2.03. The van der Waals surface area contributed by atoms with E-state index in [1.807, 2.05) is 24.3 Å². The van der Waals surface area contributed by atoms with Crippen LogP contribution in [0.4, 0.5) is 0 Å². The predicted molar refractivity (Wildman–Crippen MR) is 172 cm³/mol. The van der Waals surface area contributed by atoms with Gasteiger partial charge in [-0.05, 0) is 97.2 Å². The van der Waals surface area contributed by atoms with Gasteiger partial charge >= 0.3 is 0 Å². The molecule has 0 aliphatic carbocycles. The zero-order chi connectivity index (χ0) is 29.0. The second-order valence-electron chi connectivity index (χ2n) is 11.2. The normalized spacial score (nSPS) is 15.1. The number of rotatable bonds is 4. The van der Waals surface area contributed by atoms with Crippen molar-refractivity contribution in [1.82, 2.24) is 0 Å².